The van der Waals surface area contributed by atoms with Crippen LogP contribution in [-0.2, 0) is 10.8 Å². The van der Waals surface area contributed by atoms with Gasteiger partial charge in [-0.15, -0.1) is 0 Å². The molecule has 0 bridgehead atoms. The Balaban J connectivity index is 2.63. The molecule has 0 fully saturated rings. The van der Waals surface area contributed by atoms with Gasteiger partial charge in [0.05, 0.1) is 0 Å². The second-order valence-corrected chi connectivity index (χ2v) is 6.95. The summed E-state index contributed by atoms with van der Waals surface area (Å²) in [6, 6.07) is 8.66. The van der Waals surface area contributed by atoms with Gasteiger partial charge in [-0.3, -0.25) is 4.21 Å². The van der Waals surface area contributed by atoms with E-state index in [2.05, 4.69) is 40.3 Å². The van der Waals surface area contributed by atoms with Crippen LogP contribution in [-0.4, -0.2) is 22.3 Å². The van der Waals surface area contributed by atoms with Crippen molar-refractivity contribution in [2.45, 2.75) is 31.6 Å². The van der Waals surface area contributed by atoms with Crippen LogP contribution in [0.15, 0.2) is 28.7 Å². The van der Waals surface area contributed by atoms with Crippen LogP contribution in [0.25, 0.3) is 0 Å². The first-order valence-electron chi connectivity index (χ1n) is 5.85. The largest absolute Gasteiger partial charge is 0.309 e. The fourth-order valence-corrected chi connectivity index (χ4v) is 2.39. The van der Waals surface area contributed by atoms with E-state index in [1.807, 2.05) is 19.1 Å². The third kappa shape index (κ3) is 4.90. The molecule has 0 amide bonds. The first kappa shape index (κ1) is 14.9. The maximum atomic E-state index is 11.3. The van der Waals surface area contributed by atoms with Crippen LogP contribution in [0.4, 0.5) is 0 Å². The van der Waals surface area contributed by atoms with E-state index in [1.54, 1.807) is 6.26 Å². The summed E-state index contributed by atoms with van der Waals surface area (Å²) in [6.45, 7) is 4.96. The Morgan fingerprint density at radius 2 is 2.18 bits per heavy atom. The van der Waals surface area contributed by atoms with E-state index in [4.69, 9.17) is 0 Å². The van der Waals surface area contributed by atoms with Crippen LogP contribution >= 0.6 is 15.9 Å². The van der Waals surface area contributed by atoms with Gasteiger partial charge in [0.25, 0.3) is 0 Å². The van der Waals surface area contributed by atoms with Crippen molar-refractivity contribution in [2.75, 3.05) is 12.8 Å². The van der Waals surface area contributed by atoms with Crippen molar-refractivity contribution in [2.24, 2.45) is 0 Å². The van der Waals surface area contributed by atoms with E-state index in [0.29, 0.717) is 6.04 Å². The molecule has 3 atom stereocenters. The van der Waals surface area contributed by atoms with Crippen LogP contribution in [0.2, 0.25) is 0 Å². The maximum absolute atomic E-state index is 11.3. The lowest BCUT2D eigenvalue weighted by Gasteiger charge is -2.19. The molecule has 0 radical (unpaired) electrons. The minimum atomic E-state index is -0.761. The summed E-state index contributed by atoms with van der Waals surface area (Å²) in [7, 11) is -0.761. The van der Waals surface area contributed by atoms with Gasteiger partial charge >= 0.3 is 0 Å². The molecule has 0 spiro atoms. The number of nitrogens with one attached hydrogen (secondary N) is 1. The van der Waals surface area contributed by atoms with E-state index in [0.717, 1.165) is 17.4 Å². The van der Waals surface area contributed by atoms with Crippen molar-refractivity contribution < 1.29 is 4.21 Å². The zero-order valence-corrected chi connectivity index (χ0v) is 13.0. The van der Waals surface area contributed by atoms with Crippen LogP contribution in [0.1, 0.15) is 31.9 Å². The van der Waals surface area contributed by atoms with E-state index in [-0.39, 0.29) is 5.25 Å². The lowest BCUT2D eigenvalue weighted by Crippen LogP contribution is -2.30. The SMILES string of the molecule is CCC(NCC(C)S(C)=O)c1cccc(Br)c1. The predicted molar refractivity (Wildman–Crippen MR) is 78.7 cm³/mol. The number of hydrogen-bond donors (Lipinski definition) is 1. The second kappa shape index (κ2) is 7.29. The molecule has 0 heterocycles. The summed E-state index contributed by atoms with van der Waals surface area (Å²) in [5.41, 5.74) is 1.27. The molecule has 1 N–H and O–H groups in total. The standard InChI is InChI=1S/C13H20BrNOS/c1-4-13(15-9-10(2)17(3)16)11-6-5-7-12(14)8-11/h5-8,10,13,15H,4,9H2,1-3H3. The molecular formula is C13H20BrNOS. The van der Waals surface area contributed by atoms with E-state index in [9.17, 15) is 4.21 Å². The van der Waals surface area contributed by atoms with Gasteiger partial charge in [-0.05, 0) is 31.0 Å². The van der Waals surface area contributed by atoms with Crippen molar-refractivity contribution in [1.82, 2.24) is 5.32 Å². The molecule has 0 aromatic heterocycles. The van der Waals surface area contributed by atoms with Gasteiger partial charge in [-0.1, -0.05) is 35.0 Å². The maximum Gasteiger partial charge on any atom is 0.0441 e. The van der Waals surface area contributed by atoms with E-state index >= 15 is 0 Å². The van der Waals surface area contributed by atoms with Gasteiger partial charge in [0.1, 0.15) is 0 Å². The highest BCUT2D eigenvalue weighted by Crippen LogP contribution is 2.20. The second-order valence-electron chi connectivity index (χ2n) is 4.23. The first-order valence-corrected chi connectivity index (χ1v) is 8.27. The molecule has 1 aromatic carbocycles. The molecule has 0 aliphatic rings. The van der Waals surface area contributed by atoms with Crippen LogP contribution in [0, 0.1) is 0 Å². The minimum absolute atomic E-state index is 0.191. The number of hydrogen-bond acceptors (Lipinski definition) is 2. The molecular weight excluding hydrogens is 298 g/mol. The highest BCUT2D eigenvalue weighted by molar-refractivity contribution is 9.10. The lowest BCUT2D eigenvalue weighted by atomic mass is 10.0. The molecule has 1 aromatic rings. The third-order valence-electron chi connectivity index (χ3n) is 2.88. The number of halogens is 1. The zero-order valence-electron chi connectivity index (χ0n) is 10.6. The Bertz CT molecular complexity index is 383. The van der Waals surface area contributed by atoms with Crippen molar-refractivity contribution in [1.29, 1.82) is 0 Å². The summed E-state index contributed by atoms with van der Waals surface area (Å²) in [4.78, 5) is 0. The Morgan fingerprint density at radius 3 is 2.71 bits per heavy atom. The van der Waals surface area contributed by atoms with E-state index < -0.39 is 10.8 Å². The van der Waals surface area contributed by atoms with Crippen molar-refractivity contribution >= 4 is 26.7 Å². The molecule has 0 saturated heterocycles. The molecule has 3 unspecified atom stereocenters. The summed E-state index contributed by atoms with van der Waals surface area (Å²) < 4.78 is 12.4. The molecule has 17 heavy (non-hydrogen) atoms. The molecule has 0 aliphatic carbocycles. The van der Waals surface area contributed by atoms with Gasteiger partial charge in [-0.25, -0.2) is 0 Å². The Labute approximate surface area is 115 Å². The third-order valence-corrected chi connectivity index (χ3v) is 4.67. The van der Waals surface area contributed by atoms with Gasteiger partial charge in [-0.2, -0.15) is 0 Å². The quantitative estimate of drug-likeness (QED) is 0.872. The average molecular weight is 318 g/mol. The molecule has 4 heteroatoms. The van der Waals surface area contributed by atoms with Gasteiger partial charge in [0, 0.05) is 39.4 Å². The van der Waals surface area contributed by atoms with E-state index in [1.165, 1.54) is 5.56 Å². The molecule has 1 rings (SSSR count). The highest BCUT2D eigenvalue weighted by atomic mass is 79.9. The molecule has 0 aliphatic heterocycles. The smallest absolute Gasteiger partial charge is 0.0441 e. The zero-order chi connectivity index (χ0) is 12.8. The van der Waals surface area contributed by atoms with Crippen molar-refractivity contribution in [3.05, 3.63) is 34.3 Å². The van der Waals surface area contributed by atoms with Crippen molar-refractivity contribution in [3.63, 3.8) is 0 Å². The number of rotatable bonds is 6. The van der Waals surface area contributed by atoms with Crippen LogP contribution in [0.3, 0.4) is 0 Å². The minimum Gasteiger partial charge on any atom is -0.309 e. The molecule has 2 nitrogen and oxygen atoms in total. The highest BCUT2D eigenvalue weighted by Gasteiger charge is 2.12. The summed E-state index contributed by atoms with van der Waals surface area (Å²) in [5.74, 6) is 0. The Morgan fingerprint density at radius 1 is 1.47 bits per heavy atom. The predicted octanol–water partition coefficient (Wildman–Crippen LogP) is 3.26. The van der Waals surface area contributed by atoms with Gasteiger partial charge in [0.2, 0.25) is 0 Å². The van der Waals surface area contributed by atoms with Gasteiger partial charge < -0.3 is 5.32 Å². The van der Waals surface area contributed by atoms with Crippen LogP contribution in [0.5, 0.6) is 0 Å². The summed E-state index contributed by atoms with van der Waals surface area (Å²) in [5, 5.41) is 3.67. The fraction of sp³-hybridized carbons (Fsp3) is 0.538. The average Bonchev–Trinajstić information content (AvgIpc) is 2.29. The lowest BCUT2D eigenvalue weighted by molar-refractivity contribution is 0.518. The van der Waals surface area contributed by atoms with Gasteiger partial charge in [0.15, 0.2) is 0 Å². The Hall–Kier alpha value is -0.190. The summed E-state index contributed by atoms with van der Waals surface area (Å²) >= 11 is 3.49. The molecule has 96 valence electrons. The van der Waals surface area contributed by atoms with Crippen LogP contribution < -0.4 is 5.32 Å². The summed E-state index contributed by atoms with van der Waals surface area (Å²) in [6.07, 6.45) is 2.78. The topological polar surface area (TPSA) is 29.1 Å². The Kier molecular flexibility index (Phi) is 6.38. The monoisotopic (exact) mass is 317 g/mol. The van der Waals surface area contributed by atoms with Crippen molar-refractivity contribution in [3.8, 4) is 0 Å². The fourth-order valence-electron chi connectivity index (χ4n) is 1.65. The normalized spacial score (nSPS) is 16.5. The number of benzene rings is 1. The molecule has 0 saturated carbocycles. The first-order chi connectivity index (χ1) is 8.04.